The number of carbonyl (C=O) groups is 1. The summed E-state index contributed by atoms with van der Waals surface area (Å²) < 4.78 is 51.3. The molecule has 0 radical (unpaired) electrons. The number of hydrogen-bond acceptors (Lipinski definition) is 3. The summed E-state index contributed by atoms with van der Waals surface area (Å²) in [4.78, 5) is 14.5. The van der Waals surface area contributed by atoms with Crippen molar-refractivity contribution in [3.63, 3.8) is 0 Å². The smallest absolute Gasteiger partial charge is 0.447 e. The van der Waals surface area contributed by atoms with Crippen LogP contribution in [0.4, 0.5) is 17.6 Å². The van der Waals surface area contributed by atoms with Crippen LogP contribution in [0.3, 0.4) is 0 Å². The highest BCUT2D eigenvalue weighted by Crippen LogP contribution is 2.39. The van der Waals surface area contributed by atoms with Crippen molar-refractivity contribution >= 4 is 39.3 Å². The second-order valence-corrected chi connectivity index (χ2v) is 5.23. The molecule has 2 rings (SSSR count). The number of alkyl halides is 3. The zero-order valence-electron chi connectivity index (χ0n) is 8.70. The van der Waals surface area contributed by atoms with E-state index < -0.39 is 39.8 Å². The Kier molecular flexibility index (Phi) is 3.47. The van der Waals surface area contributed by atoms with Crippen LogP contribution >= 0.6 is 27.7 Å². The summed E-state index contributed by atoms with van der Waals surface area (Å²) in [6.45, 7) is 0. The Bertz CT molecular complexity index is 670. The van der Waals surface area contributed by atoms with Crippen molar-refractivity contribution in [3.05, 3.63) is 28.2 Å². The van der Waals surface area contributed by atoms with Crippen LogP contribution in [0.25, 0.3) is 5.65 Å². The van der Waals surface area contributed by atoms with Gasteiger partial charge in [0, 0.05) is 18.0 Å². The molecule has 0 amide bonds. The molecule has 10 heteroatoms. The second-order valence-electron chi connectivity index (χ2n) is 3.32. The fraction of sp³-hybridized carbons (Fsp3) is 0.111. The minimum absolute atomic E-state index is 0.0593. The Morgan fingerprint density at radius 1 is 1.47 bits per heavy atom. The fourth-order valence-electron chi connectivity index (χ4n) is 1.40. The van der Waals surface area contributed by atoms with E-state index in [1.807, 2.05) is 0 Å². The Labute approximate surface area is 115 Å². The van der Waals surface area contributed by atoms with Crippen LogP contribution in [-0.4, -0.2) is 26.0 Å². The number of halogens is 5. The summed E-state index contributed by atoms with van der Waals surface area (Å²) in [7, 11) is 0. The van der Waals surface area contributed by atoms with E-state index in [4.69, 9.17) is 5.11 Å². The molecule has 0 fully saturated rings. The highest BCUT2D eigenvalue weighted by atomic mass is 79.9. The Morgan fingerprint density at radius 2 is 2.11 bits per heavy atom. The maximum Gasteiger partial charge on any atom is 0.447 e. The summed E-state index contributed by atoms with van der Waals surface area (Å²) in [5.74, 6) is -2.44. The number of rotatable bonds is 2. The van der Waals surface area contributed by atoms with Crippen LogP contribution in [0.1, 0.15) is 10.5 Å². The molecule has 2 aromatic rings. The van der Waals surface area contributed by atoms with Crippen molar-refractivity contribution in [3.8, 4) is 0 Å². The number of carboxylic acid groups (broad SMARTS) is 1. The van der Waals surface area contributed by atoms with Gasteiger partial charge in [-0.3, -0.25) is 4.40 Å². The maximum absolute atomic E-state index is 13.2. The number of pyridine rings is 1. The second kappa shape index (κ2) is 4.67. The molecule has 0 saturated heterocycles. The molecule has 0 aromatic carbocycles. The first-order valence-electron chi connectivity index (χ1n) is 4.55. The standard InChI is InChI=1S/C9H3BrF4N2O2S/c10-4-1-3(11)2-16-6(4)15-5(8(17)18)7(16)19-9(12,13)14/h1-2H,(H,17,18). The summed E-state index contributed by atoms with van der Waals surface area (Å²) in [6, 6.07) is 0.982. The lowest BCUT2D eigenvalue weighted by Crippen LogP contribution is -2.05. The number of imidazole rings is 1. The van der Waals surface area contributed by atoms with Crippen molar-refractivity contribution in [1.82, 2.24) is 9.38 Å². The first kappa shape index (κ1) is 14.1. The number of nitrogens with zero attached hydrogens (tertiary/aromatic N) is 2. The molecule has 2 aromatic heterocycles. The number of thioether (sulfide) groups is 1. The maximum atomic E-state index is 13.2. The van der Waals surface area contributed by atoms with Gasteiger partial charge in [0.1, 0.15) is 10.8 Å². The minimum atomic E-state index is -4.71. The first-order valence-corrected chi connectivity index (χ1v) is 6.16. The molecular formula is C9H3BrF4N2O2S. The number of aromatic nitrogens is 2. The highest BCUT2D eigenvalue weighted by molar-refractivity contribution is 9.10. The van der Waals surface area contributed by atoms with Gasteiger partial charge in [-0.15, -0.1) is 0 Å². The fourth-order valence-corrected chi connectivity index (χ4v) is 2.58. The van der Waals surface area contributed by atoms with E-state index >= 15 is 0 Å². The van der Waals surface area contributed by atoms with Crippen LogP contribution < -0.4 is 0 Å². The van der Waals surface area contributed by atoms with Crippen LogP contribution in [-0.2, 0) is 0 Å². The average Bonchev–Trinajstić information content (AvgIpc) is 2.55. The lowest BCUT2D eigenvalue weighted by atomic mass is 10.4. The number of hydrogen-bond donors (Lipinski definition) is 1. The molecule has 0 aliphatic heterocycles. The molecular weight excluding hydrogens is 356 g/mol. The van der Waals surface area contributed by atoms with Crippen molar-refractivity contribution in [1.29, 1.82) is 0 Å². The van der Waals surface area contributed by atoms with Gasteiger partial charge in [-0.25, -0.2) is 14.2 Å². The number of aromatic carboxylic acids is 1. The van der Waals surface area contributed by atoms with Crippen molar-refractivity contribution in [2.45, 2.75) is 10.5 Å². The van der Waals surface area contributed by atoms with Crippen LogP contribution in [0, 0.1) is 5.82 Å². The van der Waals surface area contributed by atoms with Crippen LogP contribution in [0.5, 0.6) is 0 Å². The van der Waals surface area contributed by atoms with E-state index in [1.165, 1.54) is 0 Å². The third-order valence-electron chi connectivity index (χ3n) is 2.01. The van der Waals surface area contributed by atoms with Gasteiger partial charge in [0.25, 0.3) is 0 Å². The first-order chi connectivity index (χ1) is 8.69. The monoisotopic (exact) mass is 358 g/mol. The summed E-state index contributed by atoms with van der Waals surface area (Å²) in [5.41, 5.74) is -5.60. The molecule has 0 atom stereocenters. The zero-order chi connectivity index (χ0) is 14.4. The molecule has 19 heavy (non-hydrogen) atoms. The van der Waals surface area contributed by atoms with Crippen LogP contribution in [0.2, 0.25) is 0 Å². The van der Waals surface area contributed by atoms with Gasteiger partial charge in [0.2, 0.25) is 0 Å². The molecule has 2 heterocycles. The van der Waals surface area contributed by atoms with Gasteiger partial charge in [0.15, 0.2) is 11.3 Å². The lowest BCUT2D eigenvalue weighted by Gasteiger charge is -2.06. The Hall–Kier alpha value is -1.29. The van der Waals surface area contributed by atoms with Crippen molar-refractivity contribution < 1.29 is 27.5 Å². The molecule has 0 saturated carbocycles. The van der Waals surface area contributed by atoms with Crippen molar-refractivity contribution in [2.24, 2.45) is 0 Å². The van der Waals surface area contributed by atoms with E-state index in [-0.39, 0.29) is 10.1 Å². The molecule has 4 nitrogen and oxygen atoms in total. The Balaban J connectivity index is 2.76. The van der Waals surface area contributed by atoms with E-state index in [0.717, 1.165) is 16.7 Å². The third kappa shape index (κ3) is 2.84. The largest absolute Gasteiger partial charge is 0.476 e. The molecule has 0 aliphatic rings. The molecule has 0 aliphatic carbocycles. The number of carboxylic acids is 1. The SMILES string of the molecule is O=C(O)c1nc2c(Br)cc(F)cn2c1SC(F)(F)F. The topological polar surface area (TPSA) is 54.6 Å². The zero-order valence-corrected chi connectivity index (χ0v) is 11.1. The molecule has 0 bridgehead atoms. The van der Waals surface area contributed by atoms with Gasteiger partial charge in [0.05, 0.1) is 4.47 Å². The van der Waals surface area contributed by atoms with Gasteiger partial charge in [-0.2, -0.15) is 13.2 Å². The highest BCUT2D eigenvalue weighted by Gasteiger charge is 2.34. The molecule has 1 N–H and O–H groups in total. The van der Waals surface area contributed by atoms with Gasteiger partial charge >= 0.3 is 11.5 Å². The third-order valence-corrected chi connectivity index (χ3v) is 3.41. The minimum Gasteiger partial charge on any atom is -0.476 e. The lowest BCUT2D eigenvalue weighted by molar-refractivity contribution is -0.0329. The average molecular weight is 359 g/mol. The van der Waals surface area contributed by atoms with E-state index in [0.29, 0.717) is 0 Å². The van der Waals surface area contributed by atoms with E-state index in [9.17, 15) is 22.4 Å². The quantitative estimate of drug-likeness (QED) is 0.658. The Morgan fingerprint density at radius 3 is 2.63 bits per heavy atom. The summed E-state index contributed by atoms with van der Waals surface area (Å²) >= 11 is 2.26. The molecule has 102 valence electrons. The molecule has 0 spiro atoms. The predicted octanol–water partition coefficient (Wildman–Crippen LogP) is 3.55. The van der Waals surface area contributed by atoms with Gasteiger partial charge in [-0.05, 0) is 22.0 Å². The van der Waals surface area contributed by atoms with E-state index in [2.05, 4.69) is 20.9 Å². The predicted molar refractivity (Wildman–Crippen MR) is 61.7 cm³/mol. The summed E-state index contributed by atoms with van der Waals surface area (Å²) in [5, 5.41) is 8.16. The van der Waals surface area contributed by atoms with Crippen LogP contribution in [0.15, 0.2) is 21.8 Å². The summed E-state index contributed by atoms with van der Waals surface area (Å²) in [6.07, 6.45) is 0.744. The van der Waals surface area contributed by atoms with Gasteiger partial charge < -0.3 is 5.11 Å². The molecule has 0 unspecified atom stereocenters. The normalized spacial score (nSPS) is 12.1. The van der Waals surface area contributed by atoms with Crippen molar-refractivity contribution in [2.75, 3.05) is 0 Å². The van der Waals surface area contributed by atoms with Gasteiger partial charge in [-0.1, -0.05) is 0 Å². The van der Waals surface area contributed by atoms with E-state index in [1.54, 1.807) is 0 Å². The number of fused-ring (bicyclic) bond motifs is 1.